The molecule has 0 aliphatic heterocycles. The number of rotatable bonds is 5. The SMILES string of the molecule is CC[C@@H](NC(=S)NCc1ccccc1)C(=O)[O-]. The van der Waals surface area contributed by atoms with Crippen molar-refractivity contribution in [2.45, 2.75) is 25.9 Å². The summed E-state index contributed by atoms with van der Waals surface area (Å²) in [7, 11) is 0. The van der Waals surface area contributed by atoms with Gasteiger partial charge in [0.05, 0.1) is 12.0 Å². The fourth-order valence-electron chi connectivity index (χ4n) is 1.32. The standard InChI is InChI=1S/C12H16N2O2S/c1-2-10(11(15)16)14-12(17)13-8-9-6-4-3-5-7-9/h3-7,10H,2,8H2,1H3,(H,15,16)(H2,13,14,17)/p-1/t10-/m1/s1. The zero-order valence-electron chi connectivity index (χ0n) is 9.60. The highest BCUT2D eigenvalue weighted by atomic mass is 32.1. The molecule has 0 amide bonds. The zero-order chi connectivity index (χ0) is 12.7. The van der Waals surface area contributed by atoms with Crippen LogP contribution in [0.5, 0.6) is 0 Å². The molecule has 0 fully saturated rings. The van der Waals surface area contributed by atoms with Crippen LogP contribution in [-0.4, -0.2) is 17.1 Å². The summed E-state index contributed by atoms with van der Waals surface area (Å²) in [5.74, 6) is -1.14. The van der Waals surface area contributed by atoms with Gasteiger partial charge in [-0.15, -0.1) is 0 Å². The fourth-order valence-corrected chi connectivity index (χ4v) is 1.53. The lowest BCUT2D eigenvalue weighted by Crippen LogP contribution is -2.50. The summed E-state index contributed by atoms with van der Waals surface area (Å²) in [6.45, 7) is 2.32. The second kappa shape index (κ2) is 6.85. The van der Waals surface area contributed by atoms with Gasteiger partial charge in [-0.3, -0.25) is 0 Å². The number of aliphatic carboxylic acids is 1. The molecule has 1 aromatic carbocycles. The van der Waals surface area contributed by atoms with Gasteiger partial charge >= 0.3 is 0 Å². The quantitative estimate of drug-likeness (QED) is 0.731. The summed E-state index contributed by atoms with van der Waals surface area (Å²) in [6.07, 6.45) is 0.426. The maximum absolute atomic E-state index is 10.7. The predicted octanol–water partition coefficient (Wildman–Crippen LogP) is 0.179. The van der Waals surface area contributed by atoms with Crippen molar-refractivity contribution in [3.63, 3.8) is 0 Å². The molecule has 5 heteroatoms. The Hall–Kier alpha value is -1.62. The third-order valence-corrected chi connectivity index (χ3v) is 2.56. The molecule has 0 heterocycles. The summed E-state index contributed by atoms with van der Waals surface area (Å²) in [5.41, 5.74) is 1.08. The van der Waals surface area contributed by atoms with Gasteiger partial charge in [0.15, 0.2) is 5.11 Å². The van der Waals surface area contributed by atoms with Crippen LogP contribution in [-0.2, 0) is 11.3 Å². The van der Waals surface area contributed by atoms with Gasteiger partial charge < -0.3 is 20.5 Å². The molecule has 2 N–H and O–H groups in total. The van der Waals surface area contributed by atoms with Gasteiger partial charge in [0.2, 0.25) is 0 Å². The van der Waals surface area contributed by atoms with Gasteiger partial charge in [-0.05, 0) is 24.2 Å². The van der Waals surface area contributed by atoms with Gasteiger partial charge in [0, 0.05) is 6.54 Å². The average molecular weight is 251 g/mol. The number of thiocarbonyl (C=S) groups is 1. The van der Waals surface area contributed by atoms with Crippen molar-refractivity contribution in [2.75, 3.05) is 0 Å². The van der Waals surface area contributed by atoms with Crippen molar-refractivity contribution in [3.05, 3.63) is 35.9 Å². The molecular formula is C12H15N2O2S-. The summed E-state index contributed by atoms with van der Waals surface area (Å²) in [4.78, 5) is 10.7. The number of hydrogen-bond acceptors (Lipinski definition) is 3. The van der Waals surface area contributed by atoms with Gasteiger partial charge in [0.25, 0.3) is 0 Å². The Morgan fingerprint density at radius 3 is 2.59 bits per heavy atom. The van der Waals surface area contributed by atoms with Crippen molar-refractivity contribution in [2.24, 2.45) is 0 Å². The van der Waals surface area contributed by atoms with Gasteiger partial charge in [-0.1, -0.05) is 37.3 Å². The molecule has 17 heavy (non-hydrogen) atoms. The van der Waals surface area contributed by atoms with E-state index in [1.165, 1.54) is 0 Å². The van der Waals surface area contributed by atoms with Crippen LogP contribution in [0, 0.1) is 0 Å². The van der Waals surface area contributed by atoms with Crippen molar-refractivity contribution < 1.29 is 9.90 Å². The molecule has 0 spiro atoms. The summed E-state index contributed by atoms with van der Waals surface area (Å²) >= 11 is 5.00. The summed E-state index contributed by atoms with van der Waals surface area (Å²) in [5, 5.41) is 16.6. The van der Waals surface area contributed by atoms with Crippen LogP contribution in [0.2, 0.25) is 0 Å². The van der Waals surface area contributed by atoms with Crippen molar-refractivity contribution >= 4 is 23.3 Å². The lowest BCUT2D eigenvalue weighted by Gasteiger charge is -2.20. The first-order valence-corrected chi connectivity index (χ1v) is 5.83. The van der Waals surface area contributed by atoms with Crippen LogP contribution < -0.4 is 15.7 Å². The topological polar surface area (TPSA) is 64.2 Å². The highest BCUT2D eigenvalue weighted by molar-refractivity contribution is 7.80. The van der Waals surface area contributed by atoms with E-state index < -0.39 is 12.0 Å². The van der Waals surface area contributed by atoms with Crippen LogP contribution in [0.4, 0.5) is 0 Å². The zero-order valence-corrected chi connectivity index (χ0v) is 10.4. The largest absolute Gasteiger partial charge is 0.548 e. The van der Waals surface area contributed by atoms with Crippen molar-refractivity contribution in [1.29, 1.82) is 0 Å². The number of hydrogen-bond donors (Lipinski definition) is 2. The predicted molar refractivity (Wildman–Crippen MR) is 68.1 cm³/mol. The molecule has 0 bridgehead atoms. The van der Waals surface area contributed by atoms with E-state index in [1.807, 2.05) is 30.3 Å². The van der Waals surface area contributed by atoms with Crippen LogP contribution in [0.3, 0.4) is 0 Å². The highest BCUT2D eigenvalue weighted by Crippen LogP contribution is 1.97. The molecular weight excluding hydrogens is 236 g/mol. The Morgan fingerprint density at radius 1 is 1.41 bits per heavy atom. The minimum Gasteiger partial charge on any atom is -0.548 e. The Balaban J connectivity index is 2.37. The Morgan fingerprint density at radius 2 is 2.06 bits per heavy atom. The molecule has 0 saturated carbocycles. The normalized spacial score (nSPS) is 11.6. The van der Waals surface area contributed by atoms with E-state index in [0.29, 0.717) is 18.1 Å². The van der Waals surface area contributed by atoms with E-state index in [2.05, 4.69) is 10.6 Å². The molecule has 0 aliphatic carbocycles. The average Bonchev–Trinajstić information content (AvgIpc) is 2.34. The maximum Gasteiger partial charge on any atom is 0.167 e. The third kappa shape index (κ3) is 4.82. The van der Waals surface area contributed by atoms with Crippen LogP contribution in [0.1, 0.15) is 18.9 Å². The number of carboxylic acid groups (broad SMARTS) is 1. The second-order valence-corrected chi connectivity index (χ2v) is 4.00. The van der Waals surface area contributed by atoms with Crippen LogP contribution >= 0.6 is 12.2 Å². The number of carboxylic acids is 1. The first kappa shape index (κ1) is 13.4. The third-order valence-electron chi connectivity index (χ3n) is 2.29. The fraction of sp³-hybridized carbons (Fsp3) is 0.333. The molecule has 4 nitrogen and oxygen atoms in total. The van der Waals surface area contributed by atoms with E-state index in [4.69, 9.17) is 12.2 Å². The Bertz CT molecular complexity index is 381. The van der Waals surface area contributed by atoms with E-state index in [1.54, 1.807) is 6.92 Å². The molecule has 0 aromatic heterocycles. The lowest BCUT2D eigenvalue weighted by molar-refractivity contribution is -0.308. The van der Waals surface area contributed by atoms with Gasteiger partial charge in [-0.2, -0.15) is 0 Å². The smallest absolute Gasteiger partial charge is 0.167 e. The number of carbonyl (C=O) groups is 1. The summed E-state index contributed by atoms with van der Waals surface area (Å²) < 4.78 is 0. The maximum atomic E-state index is 10.7. The molecule has 92 valence electrons. The number of carbonyl (C=O) groups excluding carboxylic acids is 1. The molecule has 0 radical (unpaired) electrons. The van der Waals surface area contributed by atoms with E-state index >= 15 is 0 Å². The van der Waals surface area contributed by atoms with Crippen molar-refractivity contribution in [3.8, 4) is 0 Å². The van der Waals surface area contributed by atoms with Crippen LogP contribution in [0.15, 0.2) is 30.3 Å². The minimum atomic E-state index is -1.14. The molecule has 1 rings (SSSR count). The molecule has 1 aromatic rings. The minimum absolute atomic E-state index is 0.324. The molecule has 1 atom stereocenters. The monoisotopic (exact) mass is 251 g/mol. The molecule has 0 aliphatic rings. The first-order chi connectivity index (χ1) is 8.13. The number of nitrogens with one attached hydrogen (secondary N) is 2. The highest BCUT2D eigenvalue weighted by Gasteiger charge is 2.07. The Kier molecular flexibility index (Phi) is 5.42. The summed E-state index contributed by atoms with van der Waals surface area (Å²) in [6, 6.07) is 8.99. The van der Waals surface area contributed by atoms with E-state index in [-0.39, 0.29) is 0 Å². The Labute approximate surface area is 106 Å². The lowest BCUT2D eigenvalue weighted by atomic mass is 10.2. The van der Waals surface area contributed by atoms with Gasteiger partial charge in [0.1, 0.15) is 0 Å². The van der Waals surface area contributed by atoms with E-state index in [0.717, 1.165) is 5.56 Å². The molecule has 0 saturated heterocycles. The van der Waals surface area contributed by atoms with E-state index in [9.17, 15) is 9.90 Å². The van der Waals surface area contributed by atoms with Crippen molar-refractivity contribution in [1.82, 2.24) is 10.6 Å². The number of benzene rings is 1. The second-order valence-electron chi connectivity index (χ2n) is 3.59. The van der Waals surface area contributed by atoms with Gasteiger partial charge in [-0.25, -0.2) is 0 Å². The molecule has 0 unspecified atom stereocenters. The first-order valence-electron chi connectivity index (χ1n) is 5.42. The van der Waals surface area contributed by atoms with Crippen LogP contribution in [0.25, 0.3) is 0 Å².